The van der Waals surface area contributed by atoms with Crippen molar-refractivity contribution in [2.45, 2.75) is 50.7 Å². The number of aliphatic hydroxyl groups is 1. The summed E-state index contributed by atoms with van der Waals surface area (Å²) in [7, 11) is -1.79. The highest BCUT2D eigenvalue weighted by Crippen LogP contribution is 2.40. The standard InChI is InChI=1S/C28H35F4N5O5S/c1-17(2)23(33-24(38)21-15-18(28(30,31)32)5-10-22(21)29)25(39)36-13-11-27(12-14-36)26(40)35(3)16-37(27)20-8-6-19(7-9-20)34-43(4,41)42/h5-10,15,17,23-24,33-34,38H,11-14,16H2,1-4H3. The van der Waals surface area contributed by atoms with Crippen LogP contribution in [-0.4, -0.2) is 79.8 Å². The molecule has 0 saturated carbocycles. The third-order valence-corrected chi connectivity index (χ3v) is 8.49. The van der Waals surface area contributed by atoms with Crippen LogP contribution in [0.1, 0.15) is 44.0 Å². The Labute approximate surface area is 247 Å². The number of likely N-dealkylation sites (N-methyl/N-ethyl adjacent to an activating group) is 1. The summed E-state index contributed by atoms with van der Waals surface area (Å²) in [4.78, 5) is 32.0. The fourth-order valence-electron chi connectivity index (χ4n) is 5.65. The highest BCUT2D eigenvalue weighted by molar-refractivity contribution is 7.92. The Morgan fingerprint density at radius 1 is 1.07 bits per heavy atom. The molecule has 2 unspecified atom stereocenters. The van der Waals surface area contributed by atoms with Crippen LogP contribution in [0.4, 0.5) is 28.9 Å². The quantitative estimate of drug-likeness (QED) is 0.303. The predicted molar refractivity (Wildman–Crippen MR) is 152 cm³/mol. The number of carbonyl (C=O) groups excluding carboxylic acids is 2. The second-order valence-electron chi connectivity index (χ2n) is 11.4. The lowest BCUT2D eigenvalue weighted by Gasteiger charge is -2.44. The van der Waals surface area contributed by atoms with Crippen LogP contribution in [0.25, 0.3) is 0 Å². The Morgan fingerprint density at radius 2 is 1.67 bits per heavy atom. The number of nitrogens with zero attached hydrogens (tertiary/aromatic N) is 3. The minimum absolute atomic E-state index is 0.119. The van der Waals surface area contributed by atoms with Crippen molar-refractivity contribution in [2.24, 2.45) is 5.92 Å². The summed E-state index contributed by atoms with van der Waals surface area (Å²) in [6, 6.07) is 7.29. The summed E-state index contributed by atoms with van der Waals surface area (Å²) in [5.41, 5.74) is -1.63. The van der Waals surface area contributed by atoms with E-state index in [9.17, 15) is 40.7 Å². The van der Waals surface area contributed by atoms with E-state index in [-0.39, 0.29) is 38.5 Å². The van der Waals surface area contributed by atoms with Crippen molar-refractivity contribution >= 4 is 33.2 Å². The number of hydrogen-bond acceptors (Lipinski definition) is 7. The van der Waals surface area contributed by atoms with E-state index >= 15 is 0 Å². The molecule has 1 spiro atoms. The predicted octanol–water partition coefficient (Wildman–Crippen LogP) is 3.12. The number of amides is 2. The molecular weight excluding hydrogens is 594 g/mol. The monoisotopic (exact) mass is 629 g/mol. The molecule has 2 aliphatic rings. The normalized spacial score (nSPS) is 18.8. The maximum atomic E-state index is 14.4. The van der Waals surface area contributed by atoms with Crippen LogP contribution >= 0.6 is 0 Å². The van der Waals surface area contributed by atoms with Crippen LogP contribution in [0.3, 0.4) is 0 Å². The van der Waals surface area contributed by atoms with E-state index < -0.39 is 62.8 Å². The Kier molecular flexibility index (Phi) is 9.01. The fraction of sp³-hybridized carbons (Fsp3) is 0.500. The molecule has 2 aromatic rings. The molecule has 0 bridgehead atoms. The van der Waals surface area contributed by atoms with E-state index in [1.165, 1.54) is 4.90 Å². The van der Waals surface area contributed by atoms with Gasteiger partial charge in [-0.05, 0) is 61.2 Å². The molecule has 15 heteroatoms. The number of aliphatic hydroxyl groups excluding tert-OH is 1. The van der Waals surface area contributed by atoms with Crippen molar-refractivity contribution in [2.75, 3.05) is 42.7 Å². The number of hydrogen-bond donors (Lipinski definition) is 3. The van der Waals surface area contributed by atoms with Crippen LogP contribution in [0.2, 0.25) is 0 Å². The first-order chi connectivity index (χ1) is 19.9. The van der Waals surface area contributed by atoms with Gasteiger partial charge in [-0.3, -0.25) is 19.6 Å². The van der Waals surface area contributed by atoms with Gasteiger partial charge in [-0.1, -0.05) is 13.8 Å². The molecule has 236 valence electrons. The van der Waals surface area contributed by atoms with E-state index in [1.54, 1.807) is 50.1 Å². The SMILES string of the molecule is CC(C)C(NC(O)c1cc(C(F)(F)F)ccc1F)C(=O)N1CCC2(CC1)C(=O)N(C)CN2c1ccc(NS(C)(=O)=O)cc1. The maximum Gasteiger partial charge on any atom is 0.416 e. The number of rotatable bonds is 8. The summed E-state index contributed by atoms with van der Waals surface area (Å²) in [6.45, 7) is 4.03. The van der Waals surface area contributed by atoms with Crippen molar-refractivity contribution in [1.29, 1.82) is 0 Å². The first kappa shape index (κ1) is 32.5. The molecule has 3 N–H and O–H groups in total. The molecule has 0 aromatic heterocycles. The molecule has 2 amide bonds. The molecular formula is C28H35F4N5O5S. The molecule has 2 aliphatic heterocycles. The van der Waals surface area contributed by atoms with E-state index in [0.717, 1.165) is 6.26 Å². The van der Waals surface area contributed by atoms with Gasteiger partial charge in [0.25, 0.3) is 0 Å². The molecule has 10 nitrogen and oxygen atoms in total. The average Bonchev–Trinajstić information content (AvgIpc) is 3.15. The highest BCUT2D eigenvalue weighted by Gasteiger charge is 2.53. The minimum atomic E-state index is -4.74. The minimum Gasteiger partial charge on any atom is -0.374 e. The van der Waals surface area contributed by atoms with E-state index in [2.05, 4.69) is 10.0 Å². The zero-order chi connectivity index (χ0) is 31.9. The topological polar surface area (TPSA) is 122 Å². The number of halogens is 4. The molecule has 2 heterocycles. The Balaban J connectivity index is 1.49. The molecule has 2 fully saturated rings. The summed E-state index contributed by atoms with van der Waals surface area (Å²) >= 11 is 0. The highest BCUT2D eigenvalue weighted by atomic mass is 32.2. The van der Waals surface area contributed by atoms with E-state index in [1.807, 2.05) is 4.90 Å². The number of likely N-dealkylation sites (tertiary alicyclic amines) is 1. The molecule has 43 heavy (non-hydrogen) atoms. The maximum absolute atomic E-state index is 14.4. The first-order valence-corrected chi connectivity index (χ1v) is 15.5. The average molecular weight is 630 g/mol. The van der Waals surface area contributed by atoms with Gasteiger partial charge < -0.3 is 19.8 Å². The van der Waals surface area contributed by atoms with Crippen LogP contribution in [0, 0.1) is 11.7 Å². The molecule has 0 radical (unpaired) electrons. The van der Waals surface area contributed by atoms with Crippen LogP contribution in [0.15, 0.2) is 42.5 Å². The number of benzene rings is 2. The first-order valence-electron chi connectivity index (χ1n) is 13.6. The van der Waals surface area contributed by atoms with Gasteiger partial charge in [0.05, 0.1) is 24.5 Å². The fourth-order valence-corrected chi connectivity index (χ4v) is 6.21. The number of piperidine rings is 1. The Morgan fingerprint density at radius 3 is 2.21 bits per heavy atom. The van der Waals surface area contributed by atoms with Crippen molar-refractivity contribution in [3.8, 4) is 0 Å². The van der Waals surface area contributed by atoms with Crippen LogP contribution in [-0.2, 0) is 25.8 Å². The van der Waals surface area contributed by atoms with Gasteiger partial charge >= 0.3 is 6.18 Å². The van der Waals surface area contributed by atoms with Gasteiger partial charge in [-0.15, -0.1) is 0 Å². The lowest BCUT2D eigenvalue weighted by atomic mass is 9.85. The largest absolute Gasteiger partial charge is 0.416 e. The van der Waals surface area contributed by atoms with Gasteiger partial charge in [0, 0.05) is 37.1 Å². The number of anilines is 2. The molecule has 2 atom stereocenters. The van der Waals surface area contributed by atoms with Gasteiger partial charge in [0.15, 0.2) is 0 Å². The number of carbonyl (C=O) groups is 2. The summed E-state index contributed by atoms with van der Waals surface area (Å²) in [5.74, 6) is -2.02. The molecule has 0 aliphatic carbocycles. The Bertz CT molecular complexity index is 1460. The third kappa shape index (κ3) is 6.88. The number of alkyl halides is 3. The second kappa shape index (κ2) is 11.9. The van der Waals surface area contributed by atoms with Gasteiger partial charge in [0.2, 0.25) is 21.8 Å². The van der Waals surface area contributed by atoms with E-state index in [0.29, 0.717) is 29.6 Å². The Hall–Kier alpha value is -3.43. The van der Waals surface area contributed by atoms with Crippen molar-refractivity contribution in [3.05, 3.63) is 59.4 Å². The van der Waals surface area contributed by atoms with Crippen LogP contribution in [0.5, 0.6) is 0 Å². The zero-order valence-corrected chi connectivity index (χ0v) is 25.0. The zero-order valence-electron chi connectivity index (χ0n) is 24.2. The van der Waals surface area contributed by atoms with Crippen LogP contribution < -0.4 is 14.9 Å². The van der Waals surface area contributed by atoms with Gasteiger partial charge in [-0.25, -0.2) is 12.8 Å². The lowest BCUT2D eigenvalue weighted by molar-refractivity contribution is -0.140. The van der Waals surface area contributed by atoms with Crippen molar-refractivity contribution < 1.29 is 40.7 Å². The lowest BCUT2D eigenvalue weighted by Crippen LogP contribution is -2.60. The number of nitrogens with one attached hydrogen (secondary N) is 2. The summed E-state index contributed by atoms with van der Waals surface area (Å²) in [5, 5.41) is 13.3. The van der Waals surface area contributed by atoms with Gasteiger partial charge in [-0.2, -0.15) is 13.2 Å². The van der Waals surface area contributed by atoms with Crippen molar-refractivity contribution in [3.63, 3.8) is 0 Å². The third-order valence-electron chi connectivity index (χ3n) is 7.89. The van der Waals surface area contributed by atoms with E-state index in [4.69, 9.17) is 0 Å². The summed E-state index contributed by atoms with van der Waals surface area (Å²) in [6.07, 6.45) is -5.02. The second-order valence-corrected chi connectivity index (χ2v) is 13.1. The van der Waals surface area contributed by atoms with Crippen molar-refractivity contribution in [1.82, 2.24) is 15.1 Å². The molecule has 2 saturated heterocycles. The van der Waals surface area contributed by atoms with Gasteiger partial charge in [0.1, 0.15) is 17.6 Å². The molecule has 4 rings (SSSR count). The summed E-state index contributed by atoms with van der Waals surface area (Å²) < 4.78 is 79.4. The molecule has 2 aromatic carbocycles. The smallest absolute Gasteiger partial charge is 0.374 e. The number of sulfonamides is 1.